The maximum atomic E-state index is 14.1. The van der Waals surface area contributed by atoms with Gasteiger partial charge in [0.05, 0.1) is 16.6 Å². The van der Waals surface area contributed by atoms with Crippen molar-refractivity contribution in [2.45, 2.75) is 70.6 Å². The Labute approximate surface area is 336 Å². The molecule has 2 aromatic rings. The topological polar surface area (TPSA) is 143 Å². The number of nitrogens with zero attached hydrogens (tertiary/aromatic N) is 2. The number of halogens is 1. The number of carbonyl (C=O) groups is 2. The predicted octanol–water partition coefficient (Wildman–Crippen LogP) is 9.20. The van der Waals surface area contributed by atoms with E-state index in [1.54, 1.807) is 38.8 Å². The van der Waals surface area contributed by atoms with E-state index in [0.717, 1.165) is 56.6 Å². The number of Topliss-reactive ketones (excluding diaryl/α,β-unsaturated/α-hetero) is 1. The van der Waals surface area contributed by atoms with Gasteiger partial charge in [0.1, 0.15) is 26.6 Å². The number of anilines is 1. The maximum Gasteiger partial charge on any atom is 0.310 e. The highest BCUT2D eigenvalue weighted by Crippen LogP contribution is 2.51. The molecule has 0 saturated carbocycles. The van der Waals surface area contributed by atoms with Crippen molar-refractivity contribution in [1.29, 1.82) is 0 Å². The Bertz CT molecular complexity index is 2130. The molecule has 2 atom stereocenters. The molecule has 11 nitrogen and oxygen atoms in total. The Hall–Kier alpha value is -2.45. The Balaban J connectivity index is 1.51. The molecule has 0 saturated heterocycles. The highest BCUT2D eigenvalue weighted by atomic mass is 32.2. The molecule has 0 fully saturated rings. The minimum Gasteiger partial charge on any atom is -0.506 e. The number of benzene rings is 2. The van der Waals surface area contributed by atoms with Crippen molar-refractivity contribution in [1.82, 2.24) is 0 Å². The molecule has 2 N–H and O–H groups in total. The third-order valence-corrected chi connectivity index (χ3v) is 15.0. The molecule has 0 spiro atoms. The Morgan fingerprint density at radius 2 is 1.61 bits per heavy atom. The smallest absolute Gasteiger partial charge is 0.310 e. The number of rotatable bonds is 17. The minimum absolute atomic E-state index is 0.113. The number of hydrogen-bond donors (Lipinski definition) is 2. The summed E-state index contributed by atoms with van der Waals surface area (Å²) >= 11 is 0.960. The normalized spacial score (nSPS) is 19.5. The lowest BCUT2D eigenvalue weighted by molar-refractivity contribution is -0.438. The fourth-order valence-corrected chi connectivity index (χ4v) is 10.3. The molecule has 0 bridgehead atoms. The first-order chi connectivity index (χ1) is 26.1. The van der Waals surface area contributed by atoms with E-state index in [9.17, 15) is 28.0 Å². The lowest BCUT2D eigenvalue weighted by atomic mass is 9.77. The van der Waals surface area contributed by atoms with Crippen molar-refractivity contribution in [2.24, 2.45) is 0 Å². The van der Waals surface area contributed by atoms with Crippen LogP contribution in [0.5, 0.6) is 0 Å². The van der Waals surface area contributed by atoms with E-state index >= 15 is 0 Å². The van der Waals surface area contributed by atoms with Gasteiger partial charge in [-0.05, 0) is 104 Å². The van der Waals surface area contributed by atoms with Crippen LogP contribution in [0.2, 0.25) is 0 Å². The molecule has 0 radical (unpaired) electrons. The summed E-state index contributed by atoms with van der Waals surface area (Å²) in [6.07, 6.45) is 6.15. The number of ketones is 1. The number of allylic oxidation sites excluding steroid dienone is 5. The van der Waals surface area contributed by atoms with Crippen molar-refractivity contribution in [3.8, 4) is 0 Å². The molecule has 1 aliphatic carbocycles. The van der Waals surface area contributed by atoms with Crippen molar-refractivity contribution < 1.29 is 51.8 Å². The van der Waals surface area contributed by atoms with Gasteiger partial charge in [0.25, 0.3) is 8.15 Å². The van der Waals surface area contributed by atoms with Crippen LogP contribution < -0.4 is 15.5 Å². The summed E-state index contributed by atoms with van der Waals surface area (Å²) < 4.78 is 50.7. The molecule has 2 aliphatic heterocycles. The minimum atomic E-state index is -2.59. The van der Waals surface area contributed by atoms with E-state index < -0.39 is 39.2 Å². The molecular formula is C39H52FN2O9P4S+. The van der Waals surface area contributed by atoms with Crippen LogP contribution in [-0.2, 0) is 43.4 Å². The number of aliphatic hydroxyl groups is 1. The monoisotopic (exact) mass is 867 g/mol. The van der Waals surface area contributed by atoms with Crippen LogP contribution in [0.4, 0.5) is 15.6 Å². The van der Waals surface area contributed by atoms with Crippen molar-refractivity contribution in [3.63, 3.8) is 0 Å². The fraction of sp³-hybridized carbons (Fsp3) is 0.462. The molecule has 0 aromatic heterocycles. The van der Waals surface area contributed by atoms with Gasteiger partial charge in [-0.1, -0.05) is 25.3 Å². The molecule has 304 valence electrons. The second-order valence-corrected chi connectivity index (χ2v) is 25.2. The molecule has 56 heavy (non-hydrogen) atoms. The average Bonchev–Trinajstić information content (AvgIpc) is 3.45. The first kappa shape index (κ1) is 44.6. The summed E-state index contributed by atoms with van der Waals surface area (Å²) in [4.78, 5) is 28.1. The van der Waals surface area contributed by atoms with Crippen LogP contribution in [-0.4, -0.2) is 77.9 Å². The van der Waals surface area contributed by atoms with E-state index in [2.05, 4.69) is 23.4 Å². The molecule has 2 heterocycles. The number of hydrogen-bond acceptors (Lipinski definition) is 11. The van der Waals surface area contributed by atoms with Crippen LogP contribution in [0.15, 0.2) is 71.2 Å². The Morgan fingerprint density at radius 1 is 0.964 bits per heavy atom. The Kier molecular flexibility index (Phi) is 13.9. The van der Waals surface area contributed by atoms with E-state index in [4.69, 9.17) is 5.26 Å². The predicted molar refractivity (Wildman–Crippen MR) is 229 cm³/mol. The van der Waals surface area contributed by atoms with Gasteiger partial charge in [0, 0.05) is 82.3 Å². The number of carbonyl (C=O) groups excluding carboxylic acids is 2. The second kappa shape index (κ2) is 17.4. The van der Waals surface area contributed by atoms with Crippen LogP contribution in [0.1, 0.15) is 70.9 Å². The summed E-state index contributed by atoms with van der Waals surface area (Å²) in [5.74, 6) is -0.481. The van der Waals surface area contributed by atoms with Gasteiger partial charge < -0.3 is 23.7 Å². The third kappa shape index (κ3) is 9.37. The summed E-state index contributed by atoms with van der Waals surface area (Å²) in [6, 6.07) is 11.6. The fourth-order valence-electron chi connectivity index (χ4n) is 7.58. The van der Waals surface area contributed by atoms with Gasteiger partial charge in [0.15, 0.2) is 5.71 Å². The highest BCUT2D eigenvalue weighted by Gasteiger charge is 2.48. The molecule has 3 aliphatic rings. The lowest BCUT2D eigenvalue weighted by Crippen LogP contribution is -2.32. The van der Waals surface area contributed by atoms with Crippen molar-refractivity contribution in [3.05, 3.63) is 82.3 Å². The van der Waals surface area contributed by atoms with Crippen molar-refractivity contribution in [2.75, 3.05) is 50.4 Å². The van der Waals surface area contributed by atoms with Crippen molar-refractivity contribution >= 4 is 82.9 Å². The van der Waals surface area contributed by atoms with Gasteiger partial charge >= 0.3 is 5.97 Å². The van der Waals surface area contributed by atoms with Crippen LogP contribution in [0.25, 0.3) is 0 Å². The van der Waals surface area contributed by atoms with Crippen LogP contribution >= 0.6 is 43.4 Å². The molecule has 0 amide bonds. The summed E-state index contributed by atoms with van der Waals surface area (Å²) in [5.41, 5.74) is 4.51. The van der Waals surface area contributed by atoms with Gasteiger partial charge in [-0.3, -0.25) is 9.59 Å². The van der Waals surface area contributed by atoms with Gasteiger partial charge in [-0.15, -0.1) is 4.33 Å². The lowest BCUT2D eigenvalue weighted by Gasteiger charge is -2.29. The third-order valence-electron chi connectivity index (χ3n) is 10.7. The zero-order valence-corrected chi connectivity index (χ0v) is 37.8. The van der Waals surface area contributed by atoms with E-state index in [0.29, 0.717) is 44.5 Å². The number of unbranched alkanes of at least 4 members (excludes halogenated alkanes) is 2. The van der Waals surface area contributed by atoms with E-state index in [1.807, 2.05) is 73.0 Å². The molecule has 2 aromatic carbocycles. The van der Waals surface area contributed by atoms with Crippen LogP contribution in [0.3, 0.4) is 0 Å². The largest absolute Gasteiger partial charge is 0.506 e. The quantitative estimate of drug-likeness (QED) is 0.0299. The van der Waals surface area contributed by atoms with E-state index in [-0.39, 0.29) is 29.1 Å². The first-order valence-corrected chi connectivity index (χ1v) is 27.2. The summed E-state index contributed by atoms with van der Waals surface area (Å²) in [5, 5.41) is 25.4. The summed E-state index contributed by atoms with van der Waals surface area (Å²) in [7, 11) is -5.63. The van der Waals surface area contributed by atoms with E-state index in [1.165, 1.54) is 0 Å². The zero-order valence-electron chi connectivity index (χ0n) is 33.1. The molecule has 2 unspecified atom stereocenters. The van der Waals surface area contributed by atoms with Gasteiger partial charge in [-0.25, -0.2) is 5.26 Å². The Morgan fingerprint density at radius 3 is 2.21 bits per heavy atom. The average molecular weight is 868 g/mol. The molecule has 5 rings (SSSR count). The first-order valence-electron chi connectivity index (χ1n) is 18.4. The number of fused-ring (bicyclic) bond motifs is 2. The number of aliphatic hydroxyl groups excluding tert-OH is 1. The summed E-state index contributed by atoms with van der Waals surface area (Å²) in [6.45, 7) is 16.2. The zero-order chi connectivity index (χ0) is 41.4. The SMILES string of the molecule is CC1(C)C(/C=C2\C(=O)C(/C=C3/N(CCCCCC(=O)OP(F)P)c4ccc(P(C)(C)=O)cc4C3(C)C)=C2O)=[N+](CCCSOOO)c2ccc(P(C)(C)=O)cc21. The van der Waals surface area contributed by atoms with Crippen LogP contribution in [0, 0.1) is 0 Å². The molecular weight excluding hydrogens is 815 g/mol. The maximum absolute atomic E-state index is 14.1. The van der Waals surface area contributed by atoms with Gasteiger partial charge in [0.2, 0.25) is 11.5 Å². The highest BCUT2D eigenvalue weighted by molar-refractivity contribution is 8.08. The standard InChI is InChI=1S/C39H51FN2O9P4S/c1-38(2)29-21-25(54(5,6)47)14-16-31(29)41(18-11-9-10-13-35(43)49-53(40)52)33(38)23-27-36(44)28(37(27)45)24-34-39(3,4)30-22-26(55(7,8)48)15-17-32(30)42(34)19-12-20-56-51-50-46/h14-17,21-24H,9-13,18-20,52H2,1-8H3,(H-,44,45,46)/p+1. The molecule has 17 heteroatoms. The second-order valence-electron chi connectivity index (χ2n) is 16.1. The van der Waals surface area contributed by atoms with Gasteiger partial charge in [-0.2, -0.15) is 8.77 Å².